The summed E-state index contributed by atoms with van der Waals surface area (Å²) >= 11 is 0. The molecule has 3 N–H and O–H groups in total. The average molecular weight is 388 g/mol. The fourth-order valence-corrected chi connectivity index (χ4v) is 2.05. The van der Waals surface area contributed by atoms with E-state index in [2.05, 4.69) is 10.6 Å². The summed E-state index contributed by atoms with van der Waals surface area (Å²) in [6.07, 6.45) is 7.38. The molecule has 2 unspecified atom stereocenters. The summed E-state index contributed by atoms with van der Waals surface area (Å²) < 4.78 is 32.7. The van der Waals surface area contributed by atoms with Crippen LogP contribution in [-0.2, 0) is 17.1 Å². The summed E-state index contributed by atoms with van der Waals surface area (Å²) in [4.78, 5) is 0. The van der Waals surface area contributed by atoms with Gasteiger partial charge in [0, 0.05) is 0 Å². The Morgan fingerprint density at radius 2 is 1.18 bits per heavy atom. The van der Waals surface area contributed by atoms with Gasteiger partial charge in [-0.3, -0.25) is 0 Å². The molecule has 2 fully saturated rings. The molecule has 137 valence electrons. The van der Waals surface area contributed by atoms with Crippen molar-refractivity contribution in [2.45, 2.75) is 50.6 Å². The van der Waals surface area contributed by atoms with Crippen LogP contribution in [0.3, 0.4) is 0 Å². The average Bonchev–Trinajstić information content (AvgIpc) is 2.48. The molecule has 0 amide bonds. The molecule has 0 spiro atoms. The van der Waals surface area contributed by atoms with Crippen LogP contribution in [-0.4, -0.2) is 42.9 Å². The van der Waals surface area contributed by atoms with Gasteiger partial charge in [0.15, 0.2) is 0 Å². The number of hydrogen-bond donors (Lipinski definition) is 1. The minimum absolute atomic E-state index is 0. The Morgan fingerprint density at radius 3 is 1.32 bits per heavy atom. The van der Waals surface area contributed by atoms with Crippen LogP contribution in [0.25, 0.3) is 22.1 Å². The number of halogens is 1. The van der Waals surface area contributed by atoms with Crippen LogP contribution in [0.5, 0.6) is 0 Å². The SMILES string of the molecule is [Cu+2].[NH-]CC1CCCC[N-]1.[NH-]CC1CCCC[N-]1.[O-][Cl+3]([O-])([O-])O. The van der Waals surface area contributed by atoms with Crippen LogP contribution in [0.4, 0.5) is 0 Å². The summed E-state index contributed by atoms with van der Waals surface area (Å²) in [5.74, 6) is 0. The third kappa shape index (κ3) is 18.5. The van der Waals surface area contributed by atoms with Gasteiger partial charge < -0.3 is 22.1 Å². The molecule has 0 aliphatic carbocycles. The second kappa shape index (κ2) is 15.0. The summed E-state index contributed by atoms with van der Waals surface area (Å²) in [6.45, 7) is 3.01. The first-order valence-electron chi connectivity index (χ1n) is 7.12. The van der Waals surface area contributed by atoms with Crippen molar-refractivity contribution in [2.24, 2.45) is 0 Å². The molecule has 1 radical (unpaired) electrons. The van der Waals surface area contributed by atoms with E-state index >= 15 is 0 Å². The summed E-state index contributed by atoms with van der Waals surface area (Å²) in [6, 6.07) is 0.757. The van der Waals surface area contributed by atoms with E-state index in [0.717, 1.165) is 25.9 Å². The minimum atomic E-state index is -4.69. The van der Waals surface area contributed by atoms with E-state index < -0.39 is 10.2 Å². The minimum Gasteiger partial charge on any atom is -0.679 e. The molecule has 2 heterocycles. The van der Waals surface area contributed by atoms with Gasteiger partial charge in [-0.15, -0.1) is 13.1 Å². The van der Waals surface area contributed by atoms with Crippen molar-refractivity contribution < 1.29 is 45.9 Å². The smallest absolute Gasteiger partial charge is 0.679 e. The van der Waals surface area contributed by atoms with Crippen molar-refractivity contribution >= 4 is 0 Å². The Kier molecular flexibility index (Phi) is 16.9. The molecule has 8 nitrogen and oxygen atoms in total. The molecule has 2 rings (SSSR count). The van der Waals surface area contributed by atoms with Crippen molar-refractivity contribution in [2.75, 3.05) is 26.2 Å². The molecular weight excluding hydrogens is 363 g/mol. The maximum Gasteiger partial charge on any atom is 2.00 e. The van der Waals surface area contributed by atoms with E-state index in [9.17, 15) is 0 Å². The van der Waals surface area contributed by atoms with Gasteiger partial charge in [0.2, 0.25) is 0 Å². The summed E-state index contributed by atoms with van der Waals surface area (Å²) in [7, 11) is -4.69. The molecule has 2 aliphatic heterocycles. The normalized spacial score (nSPS) is 24.8. The van der Waals surface area contributed by atoms with Crippen LogP contribution in [0.15, 0.2) is 0 Å². The molecule has 0 aromatic rings. The first-order valence-corrected chi connectivity index (χ1v) is 8.38. The second-order valence-corrected chi connectivity index (χ2v) is 5.71. The fraction of sp³-hybridized carbons (Fsp3) is 1.00. The van der Waals surface area contributed by atoms with Gasteiger partial charge in [0.1, 0.15) is 0 Å². The molecule has 0 aromatic heterocycles. The molecule has 2 aliphatic rings. The second-order valence-electron chi connectivity index (χ2n) is 4.92. The van der Waals surface area contributed by atoms with Crippen molar-refractivity contribution in [3.63, 3.8) is 0 Å². The molecule has 0 saturated carbocycles. The maximum atomic E-state index is 8.60. The van der Waals surface area contributed by atoms with Gasteiger partial charge in [0.05, 0.1) is 14.9 Å². The molecule has 0 bridgehead atoms. The molecule has 10 heteroatoms. The largest absolute Gasteiger partial charge is 2.00 e. The van der Waals surface area contributed by atoms with E-state index in [0.29, 0.717) is 25.2 Å². The quantitative estimate of drug-likeness (QED) is 0.648. The van der Waals surface area contributed by atoms with Gasteiger partial charge >= 0.3 is 17.1 Å². The van der Waals surface area contributed by atoms with E-state index in [1.54, 1.807) is 0 Å². The zero-order valence-electron chi connectivity index (χ0n) is 12.5. The Bertz CT molecular complexity index is 214. The third-order valence-corrected chi connectivity index (χ3v) is 3.14. The number of nitrogens with one attached hydrogen (secondary N) is 2. The predicted molar refractivity (Wildman–Crippen MR) is 72.3 cm³/mol. The first-order chi connectivity index (χ1) is 9.86. The molecular formula is C12H25ClCuN4O4-2. The maximum absolute atomic E-state index is 8.60. The Balaban J connectivity index is 0. The Hall–Kier alpha value is 0.489. The number of rotatable bonds is 2. The van der Waals surface area contributed by atoms with Crippen LogP contribution in [0.2, 0.25) is 0 Å². The molecule has 22 heavy (non-hydrogen) atoms. The Morgan fingerprint density at radius 1 is 0.864 bits per heavy atom. The van der Waals surface area contributed by atoms with Gasteiger partial charge in [0.25, 0.3) is 0 Å². The number of piperidine rings is 2. The zero-order chi connectivity index (χ0) is 16.1. The van der Waals surface area contributed by atoms with Crippen LogP contribution >= 0.6 is 0 Å². The fourth-order valence-electron chi connectivity index (χ4n) is 2.05. The molecule has 0 aromatic carbocycles. The number of nitrogens with zero attached hydrogens (tertiary/aromatic N) is 2. The van der Waals surface area contributed by atoms with E-state index in [1.165, 1.54) is 25.7 Å². The molecule has 2 atom stereocenters. The van der Waals surface area contributed by atoms with Gasteiger partial charge in [-0.05, 0) is 0 Å². The van der Waals surface area contributed by atoms with E-state index in [1.807, 2.05) is 0 Å². The standard InChI is InChI=1S/2C6H12N2.ClHO4.Cu/c2*7-5-6-3-1-2-4-8-6;2-1(3,4)5;/h2*6-7H,1-5H2;(H,2,3,4,5);/q2*-2;;+2. The summed E-state index contributed by atoms with van der Waals surface area (Å²) in [5.41, 5.74) is 14.0. The van der Waals surface area contributed by atoms with Gasteiger partial charge in [-0.25, -0.2) is 0 Å². The topological polar surface area (TPSA) is 165 Å². The van der Waals surface area contributed by atoms with Gasteiger partial charge in [-0.1, -0.05) is 38.5 Å². The van der Waals surface area contributed by atoms with Crippen LogP contribution < -0.4 is 14.0 Å². The monoisotopic (exact) mass is 387 g/mol. The van der Waals surface area contributed by atoms with Crippen LogP contribution in [0.1, 0.15) is 38.5 Å². The Labute approximate surface area is 145 Å². The predicted octanol–water partition coefficient (Wildman–Crippen LogP) is -0.197. The van der Waals surface area contributed by atoms with Crippen molar-refractivity contribution in [1.29, 1.82) is 0 Å². The van der Waals surface area contributed by atoms with E-state index in [-0.39, 0.29) is 17.1 Å². The third-order valence-electron chi connectivity index (χ3n) is 3.14. The van der Waals surface area contributed by atoms with Crippen molar-refractivity contribution in [1.82, 2.24) is 0 Å². The van der Waals surface area contributed by atoms with Crippen molar-refractivity contribution in [3.8, 4) is 0 Å². The van der Waals surface area contributed by atoms with Gasteiger partial charge in [-0.2, -0.15) is 39.2 Å². The zero-order valence-corrected chi connectivity index (χ0v) is 14.2. The van der Waals surface area contributed by atoms with E-state index in [4.69, 9.17) is 30.1 Å². The first kappa shape index (κ1) is 24.7. The van der Waals surface area contributed by atoms with Crippen LogP contribution in [0, 0.1) is 10.2 Å². The summed E-state index contributed by atoms with van der Waals surface area (Å²) in [5, 5.41) is 8.52. The number of hydrogen-bond acceptors (Lipinski definition) is 4. The van der Waals surface area contributed by atoms with Crippen molar-refractivity contribution in [3.05, 3.63) is 22.1 Å². The molecule has 2 saturated heterocycles.